The summed E-state index contributed by atoms with van der Waals surface area (Å²) in [6.07, 6.45) is 6.10. The van der Waals surface area contributed by atoms with Crippen LogP contribution in [0, 0.1) is 11.3 Å². The lowest BCUT2D eigenvalue weighted by Gasteiger charge is -2.36. The lowest BCUT2D eigenvalue weighted by molar-refractivity contribution is 0.353. The monoisotopic (exact) mass is 793 g/mol. The Kier molecular flexibility index (Phi) is 9.48. The number of benzene rings is 8. The molecule has 1 saturated carbocycles. The van der Waals surface area contributed by atoms with Crippen LogP contribution in [-0.2, 0) is 5.41 Å². The van der Waals surface area contributed by atoms with Crippen LogP contribution in [0.3, 0.4) is 0 Å². The fourth-order valence-electron chi connectivity index (χ4n) is 10.0. The molecule has 0 aliphatic heterocycles. The minimum atomic E-state index is 0.0390. The molecule has 3 heteroatoms. The van der Waals surface area contributed by atoms with E-state index >= 15 is 0 Å². The van der Waals surface area contributed by atoms with E-state index in [9.17, 15) is 5.26 Å². The third kappa shape index (κ3) is 6.71. The molecular weight excluding hydrogens is 751 g/mol. The third-order valence-corrected chi connectivity index (χ3v) is 13.2. The molecule has 62 heavy (non-hydrogen) atoms. The molecule has 0 amide bonds. The number of aromatic nitrogens is 2. The van der Waals surface area contributed by atoms with Crippen molar-refractivity contribution in [1.82, 2.24) is 9.97 Å². The van der Waals surface area contributed by atoms with Crippen molar-refractivity contribution < 1.29 is 0 Å². The number of nitrogens with zero attached hydrogens (tertiary/aromatic N) is 3. The first kappa shape index (κ1) is 37.3. The summed E-state index contributed by atoms with van der Waals surface area (Å²) in [4.78, 5) is 10.1. The second kappa shape index (κ2) is 15.7. The molecule has 0 radical (unpaired) electrons. The maximum atomic E-state index is 9.89. The molecule has 0 N–H and O–H groups in total. The zero-order valence-corrected chi connectivity index (χ0v) is 34.4. The first-order valence-electron chi connectivity index (χ1n) is 21.7. The van der Waals surface area contributed by atoms with Gasteiger partial charge in [0.15, 0.2) is 5.82 Å². The quantitative estimate of drug-likeness (QED) is 0.161. The zero-order valence-electron chi connectivity index (χ0n) is 34.4. The lowest BCUT2D eigenvalue weighted by Crippen LogP contribution is -2.28. The molecule has 0 unspecified atom stereocenters. The SMILES string of the molecule is N#Cc1ccc2c(c1)-c1c(-c3cccc(-c4ccc(-c5ccc(-c6cc(-c7ccc(-c8ccccc8)cc7)nc(-c7ccccc7)n6)cc5)cc4)c3)cccc1C21CCCCC1. The highest BCUT2D eigenvalue weighted by Gasteiger charge is 2.44. The number of fused-ring (bicyclic) bond motifs is 5. The summed E-state index contributed by atoms with van der Waals surface area (Å²) in [5, 5.41) is 9.89. The van der Waals surface area contributed by atoms with Gasteiger partial charge in [-0.15, -0.1) is 0 Å². The van der Waals surface area contributed by atoms with Crippen LogP contribution in [0.1, 0.15) is 48.8 Å². The van der Waals surface area contributed by atoms with Crippen molar-refractivity contribution >= 4 is 0 Å². The summed E-state index contributed by atoms with van der Waals surface area (Å²) in [5.41, 5.74) is 20.5. The molecule has 0 bridgehead atoms. The normalized spacial score (nSPS) is 13.6. The van der Waals surface area contributed by atoms with E-state index in [2.05, 4.69) is 176 Å². The highest BCUT2D eigenvalue weighted by molar-refractivity contribution is 5.94. The number of rotatable bonds is 7. The van der Waals surface area contributed by atoms with Crippen LogP contribution >= 0.6 is 0 Å². The van der Waals surface area contributed by atoms with Gasteiger partial charge in [-0.05, 0) is 104 Å². The average molecular weight is 794 g/mol. The van der Waals surface area contributed by atoms with Crippen molar-refractivity contribution in [2.45, 2.75) is 37.5 Å². The van der Waals surface area contributed by atoms with Crippen molar-refractivity contribution in [3.8, 4) is 95.6 Å². The van der Waals surface area contributed by atoms with Crippen LogP contribution in [0.2, 0.25) is 0 Å². The van der Waals surface area contributed by atoms with Crippen LogP contribution in [0.25, 0.3) is 89.5 Å². The summed E-state index contributed by atoms with van der Waals surface area (Å²) in [6, 6.07) is 73.6. The minimum Gasteiger partial charge on any atom is -0.228 e. The fourth-order valence-corrected chi connectivity index (χ4v) is 10.0. The highest BCUT2D eigenvalue weighted by atomic mass is 14.9. The van der Waals surface area contributed by atoms with Gasteiger partial charge in [-0.3, -0.25) is 0 Å². The van der Waals surface area contributed by atoms with Gasteiger partial charge in [0.05, 0.1) is 23.0 Å². The zero-order chi connectivity index (χ0) is 41.5. The summed E-state index contributed by atoms with van der Waals surface area (Å²) >= 11 is 0. The molecule has 1 heterocycles. The second-order valence-corrected chi connectivity index (χ2v) is 16.8. The van der Waals surface area contributed by atoms with Crippen molar-refractivity contribution in [2.24, 2.45) is 0 Å². The maximum absolute atomic E-state index is 9.89. The Morgan fingerprint density at radius 3 is 1.47 bits per heavy atom. The molecule has 1 spiro atoms. The van der Waals surface area contributed by atoms with Gasteiger partial charge in [0.1, 0.15) is 0 Å². The van der Waals surface area contributed by atoms with E-state index in [1.807, 2.05) is 30.3 Å². The number of hydrogen-bond acceptors (Lipinski definition) is 3. The Morgan fingerprint density at radius 2 is 0.871 bits per heavy atom. The Labute approximate surface area is 363 Å². The first-order valence-corrected chi connectivity index (χ1v) is 21.7. The molecule has 11 rings (SSSR count). The predicted octanol–water partition coefficient (Wildman–Crippen LogP) is 15.2. The lowest BCUT2D eigenvalue weighted by atomic mass is 9.67. The van der Waals surface area contributed by atoms with Crippen LogP contribution in [0.4, 0.5) is 0 Å². The van der Waals surface area contributed by atoms with Gasteiger partial charge < -0.3 is 0 Å². The molecule has 0 saturated heterocycles. The Hall–Kier alpha value is -7.67. The van der Waals surface area contributed by atoms with Crippen LogP contribution in [0.15, 0.2) is 200 Å². The summed E-state index contributed by atoms with van der Waals surface area (Å²) < 4.78 is 0. The summed E-state index contributed by atoms with van der Waals surface area (Å²) in [5.74, 6) is 0.705. The van der Waals surface area contributed by atoms with Gasteiger partial charge >= 0.3 is 0 Å². The van der Waals surface area contributed by atoms with Gasteiger partial charge in [-0.2, -0.15) is 5.26 Å². The molecule has 1 aromatic heterocycles. The molecule has 294 valence electrons. The Balaban J connectivity index is 0.884. The molecule has 3 nitrogen and oxygen atoms in total. The van der Waals surface area contributed by atoms with E-state index in [1.54, 1.807) is 0 Å². The van der Waals surface area contributed by atoms with Crippen molar-refractivity contribution in [2.75, 3.05) is 0 Å². The average Bonchev–Trinajstić information content (AvgIpc) is 3.62. The van der Waals surface area contributed by atoms with Gasteiger partial charge in [-0.1, -0.05) is 195 Å². The largest absolute Gasteiger partial charge is 0.228 e. The Bertz CT molecular complexity index is 3120. The van der Waals surface area contributed by atoms with Gasteiger partial charge in [0, 0.05) is 22.1 Å². The van der Waals surface area contributed by atoms with Crippen molar-refractivity contribution in [1.29, 1.82) is 5.26 Å². The van der Waals surface area contributed by atoms with Crippen molar-refractivity contribution in [3.63, 3.8) is 0 Å². The Morgan fingerprint density at radius 1 is 0.371 bits per heavy atom. The molecule has 9 aromatic rings. The van der Waals surface area contributed by atoms with E-state index in [1.165, 1.54) is 87.7 Å². The van der Waals surface area contributed by atoms with Crippen LogP contribution in [-0.4, -0.2) is 9.97 Å². The molecule has 2 aliphatic carbocycles. The van der Waals surface area contributed by atoms with Gasteiger partial charge in [-0.25, -0.2) is 9.97 Å². The van der Waals surface area contributed by atoms with Gasteiger partial charge in [0.25, 0.3) is 0 Å². The third-order valence-electron chi connectivity index (χ3n) is 13.2. The smallest absolute Gasteiger partial charge is 0.160 e. The highest BCUT2D eigenvalue weighted by Crippen LogP contribution is 2.58. The van der Waals surface area contributed by atoms with E-state index in [0.717, 1.165) is 44.8 Å². The molecule has 0 atom stereocenters. The van der Waals surface area contributed by atoms with E-state index < -0.39 is 0 Å². The summed E-state index contributed by atoms with van der Waals surface area (Å²) in [7, 11) is 0. The van der Waals surface area contributed by atoms with Crippen LogP contribution in [0.5, 0.6) is 0 Å². The second-order valence-electron chi connectivity index (χ2n) is 16.8. The van der Waals surface area contributed by atoms with E-state index in [4.69, 9.17) is 9.97 Å². The van der Waals surface area contributed by atoms with Gasteiger partial charge in [0.2, 0.25) is 0 Å². The first-order chi connectivity index (χ1) is 30.6. The molecule has 2 aliphatic rings. The van der Waals surface area contributed by atoms with E-state index in [-0.39, 0.29) is 5.41 Å². The molecular formula is C59H43N3. The van der Waals surface area contributed by atoms with Crippen molar-refractivity contribution in [3.05, 3.63) is 217 Å². The summed E-state index contributed by atoms with van der Waals surface area (Å²) in [6.45, 7) is 0. The molecule has 1 fully saturated rings. The van der Waals surface area contributed by atoms with Crippen LogP contribution < -0.4 is 0 Å². The van der Waals surface area contributed by atoms with E-state index in [0.29, 0.717) is 5.82 Å². The maximum Gasteiger partial charge on any atom is 0.160 e. The fraction of sp³-hybridized carbons (Fsp3) is 0.102. The molecule has 8 aromatic carbocycles. The predicted molar refractivity (Wildman–Crippen MR) is 254 cm³/mol. The standard InChI is InChI=1S/C59H43N3/c60-39-40-20-33-53-52(36-40)57-51(18-11-19-54(57)59(53)34-8-3-9-35-59)50-17-10-16-49(37-50)45-23-21-43(22-24-45)44-27-31-47(32-28-44)56-38-55(61-58(62-56)48-14-6-2-7-15-48)46-29-25-42(26-30-46)41-12-4-1-5-13-41/h1-2,4-7,10-33,36-38H,3,8-9,34-35H2. The topological polar surface area (TPSA) is 49.6 Å². The minimum absolute atomic E-state index is 0.0390. The number of nitriles is 1. The number of hydrogen-bond donors (Lipinski definition) is 0.